The van der Waals surface area contributed by atoms with Crippen molar-refractivity contribution >= 4 is 17.7 Å². The quantitative estimate of drug-likeness (QED) is 0.579. The van der Waals surface area contributed by atoms with Gasteiger partial charge in [-0.2, -0.15) is 0 Å². The summed E-state index contributed by atoms with van der Waals surface area (Å²) in [6.45, 7) is 3.82. The summed E-state index contributed by atoms with van der Waals surface area (Å²) in [5.41, 5.74) is 4.95. The number of esters is 1. The maximum atomic E-state index is 11.5. The third-order valence-corrected chi connectivity index (χ3v) is 2.98. The summed E-state index contributed by atoms with van der Waals surface area (Å²) >= 11 is 1.54. The van der Waals surface area contributed by atoms with Gasteiger partial charge < -0.3 is 15.5 Å². The number of H-pyrrole nitrogens is 1. The Morgan fingerprint density at radius 3 is 3.06 bits per heavy atom. The molecule has 0 spiro atoms. The van der Waals surface area contributed by atoms with Gasteiger partial charge >= 0.3 is 5.97 Å². The SMILES string of the molecule is CCOC(=O)C(C)(N)CCSc1ncc[nH]1. The summed E-state index contributed by atoms with van der Waals surface area (Å²) in [5, 5.41) is 0.833. The first kappa shape index (κ1) is 13.1. The van der Waals surface area contributed by atoms with Crippen molar-refractivity contribution in [2.24, 2.45) is 5.73 Å². The summed E-state index contributed by atoms with van der Waals surface area (Å²) in [6.07, 6.45) is 4.00. The minimum Gasteiger partial charge on any atom is -0.465 e. The molecule has 1 aromatic rings. The molecule has 0 saturated heterocycles. The number of nitrogens with zero attached hydrogens (tertiary/aromatic N) is 1. The Bertz CT molecular complexity index is 325. The molecule has 1 heterocycles. The van der Waals surface area contributed by atoms with Crippen molar-refractivity contribution in [3.63, 3.8) is 0 Å². The fourth-order valence-corrected chi connectivity index (χ4v) is 2.09. The van der Waals surface area contributed by atoms with Crippen molar-refractivity contribution in [3.8, 4) is 0 Å². The van der Waals surface area contributed by atoms with Crippen molar-refractivity contribution in [1.29, 1.82) is 0 Å². The van der Waals surface area contributed by atoms with Gasteiger partial charge in [0.05, 0.1) is 6.61 Å². The third-order valence-electron chi connectivity index (χ3n) is 2.08. The van der Waals surface area contributed by atoms with E-state index in [1.807, 2.05) is 0 Å². The number of ether oxygens (including phenoxy) is 1. The van der Waals surface area contributed by atoms with E-state index in [9.17, 15) is 4.79 Å². The molecule has 0 fully saturated rings. The van der Waals surface area contributed by atoms with Gasteiger partial charge in [0.15, 0.2) is 5.16 Å². The van der Waals surface area contributed by atoms with E-state index in [0.717, 1.165) is 10.9 Å². The lowest BCUT2D eigenvalue weighted by atomic mass is 10.0. The topological polar surface area (TPSA) is 81.0 Å². The van der Waals surface area contributed by atoms with E-state index in [0.29, 0.717) is 13.0 Å². The van der Waals surface area contributed by atoms with Crippen molar-refractivity contribution in [2.45, 2.75) is 31.0 Å². The zero-order valence-electron chi connectivity index (χ0n) is 9.53. The first-order valence-corrected chi connectivity index (χ1v) is 6.13. The first-order valence-electron chi connectivity index (χ1n) is 5.14. The molecule has 90 valence electrons. The van der Waals surface area contributed by atoms with Crippen LogP contribution in [-0.4, -0.2) is 33.8 Å². The Labute approximate surface area is 99.2 Å². The van der Waals surface area contributed by atoms with Gasteiger partial charge in [-0.25, -0.2) is 4.98 Å². The highest BCUT2D eigenvalue weighted by molar-refractivity contribution is 7.99. The first-order chi connectivity index (χ1) is 7.56. The molecule has 0 aliphatic heterocycles. The van der Waals surface area contributed by atoms with Crippen LogP contribution in [-0.2, 0) is 9.53 Å². The van der Waals surface area contributed by atoms with E-state index in [-0.39, 0.29) is 5.97 Å². The van der Waals surface area contributed by atoms with Crippen LogP contribution in [0.1, 0.15) is 20.3 Å². The fraction of sp³-hybridized carbons (Fsp3) is 0.600. The molecule has 0 radical (unpaired) electrons. The van der Waals surface area contributed by atoms with E-state index in [4.69, 9.17) is 10.5 Å². The monoisotopic (exact) mass is 243 g/mol. The second-order valence-corrected chi connectivity index (χ2v) is 4.71. The number of aromatic amines is 1. The van der Waals surface area contributed by atoms with Crippen molar-refractivity contribution in [2.75, 3.05) is 12.4 Å². The highest BCUT2D eigenvalue weighted by Gasteiger charge is 2.29. The van der Waals surface area contributed by atoms with Crippen LogP contribution in [0.3, 0.4) is 0 Å². The normalized spacial score (nSPS) is 14.4. The minimum absolute atomic E-state index is 0.352. The lowest BCUT2D eigenvalue weighted by molar-refractivity contribution is -0.149. The number of carbonyl (C=O) groups is 1. The molecule has 0 bridgehead atoms. The van der Waals surface area contributed by atoms with Crippen molar-refractivity contribution in [3.05, 3.63) is 12.4 Å². The molecule has 1 aromatic heterocycles. The molecule has 0 aromatic carbocycles. The number of carbonyl (C=O) groups excluding carboxylic acids is 1. The smallest absolute Gasteiger partial charge is 0.325 e. The molecule has 1 atom stereocenters. The molecule has 16 heavy (non-hydrogen) atoms. The zero-order chi connectivity index (χ0) is 12.0. The van der Waals surface area contributed by atoms with Gasteiger partial charge in [-0.3, -0.25) is 4.79 Å². The van der Waals surface area contributed by atoms with Crippen LogP contribution < -0.4 is 5.73 Å². The number of thioether (sulfide) groups is 1. The third kappa shape index (κ3) is 3.86. The number of hydrogen-bond acceptors (Lipinski definition) is 5. The second-order valence-electron chi connectivity index (χ2n) is 3.63. The van der Waals surface area contributed by atoms with E-state index in [2.05, 4.69) is 9.97 Å². The largest absolute Gasteiger partial charge is 0.465 e. The maximum absolute atomic E-state index is 11.5. The molecular weight excluding hydrogens is 226 g/mol. The van der Waals surface area contributed by atoms with E-state index >= 15 is 0 Å². The standard InChI is InChI=1S/C10H17N3O2S/c1-3-15-8(14)10(2,11)4-7-16-9-12-5-6-13-9/h5-6H,3-4,7,11H2,1-2H3,(H,12,13). The highest BCUT2D eigenvalue weighted by Crippen LogP contribution is 2.18. The summed E-state index contributed by atoms with van der Waals surface area (Å²) < 4.78 is 4.90. The van der Waals surface area contributed by atoms with Gasteiger partial charge in [-0.1, -0.05) is 11.8 Å². The summed E-state index contributed by atoms with van der Waals surface area (Å²) in [6, 6.07) is 0. The average molecular weight is 243 g/mol. The molecule has 0 aliphatic rings. The second kappa shape index (κ2) is 5.91. The van der Waals surface area contributed by atoms with Gasteiger partial charge in [-0.05, 0) is 20.3 Å². The molecule has 5 nitrogen and oxygen atoms in total. The van der Waals surface area contributed by atoms with E-state index in [1.54, 1.807) is 26.2 Å². The number of rotatable bonds is 6. The highest BCUT2D eigenvalue weighted by atomic mass is 32.2. The Hall–Kier alpha value is -1.01. The Morgan fingerprint density at radius 2 is 2.50 bits per heavy atom. The van der Waals surface area contributed by atoms with Crippen LogP contribution in [0.5, 0.6) is 0 Å². The van der Waals surface area contributed by atoms with Crippen LogP contribution >= 0.6 is 11.8 Å². The van der Waals surface area contributed by atoms with Gasteiger partial charge in [-0.15, -0.1) is 0 Å². The summed E-state index contributed by atoms with van der Waals surface area (Å²) in [4.78, 5) is 18.5. The molecular formula is C10H17N3O2S. The molecule has 0 saturated carbocycles. The number of nitrogens with one attached hydrogen (secondary N) is 1. The molecule has 3 N–H and O–H groups in total. The van der Waals surface area contributed by atoms with Gasteiger partial charge in [0, 0.05) is 18.1 Å². The minimum atomic E-state index is -0.921. The predicted octanol–water partition coefficient (Wildman–Crippen LogP) is 1.17. The van der Waals surface area contributed by atoms with E-state index < -0.39 is 5.54 Å². The predicted molar refractivity (Wildman–Crippen MR) is 63.2 cm³/mol. The van der Waals surface area contributed by atoms with Crippen LogP contribution in [0, 0.1) is 0 Å². The Kier molecular flexibility index (Phi) is 4.82. The summed E-state index contributed by atoms with van der Waals surface area (Å²) in [7, 11) is 0. The molecule has 0 amide bonds. The van der Waals surface area contributed by atoms with Gasteiger partial charge in [0.2, 0.25) is 0 Å². The number of imidazole rings is 1. The van der Waals surface area contributed by atoms with Gasteiger partial charge in [0.25, 0.3) is 0 Å². The lowest BCUT2D eigenvalue weighted by Crippen LogP contribution is -2.46. The fourth-order valence-electron chi connectivity index (χ4n) is 1.09. The van der Waals surface area contributed by atoms with Crippen molar-refractivity contribution in [1.82, 2.24) is 9.97 Å². The Balaban J connectivity index is 2.33. The maximum Gasteiger partial charge on any atom is 0.325 e. The number of nitrogens with two attached hydrogens (primary N) is 1. The zero-order valence-corrected chi connectivity index (χ0v) is 10.3. The summed E-state index contributed by atoms with van der Waals surface area (Å²) in [5.74, 6) is 0.370. The van der Waals surface area contributed by atoms with Gasteiger partial charge in [0.1, 0.15) is 5.54 Å². The van der Waals surface area contributed by atoms with Crippen LogP contribution in [0.25, 0.3) is 0 Å². The molecule has 6 heteroatoms. The number of hydrogen-bond donors (Lipinski definition) is 2. The van der Waals surface area contributed by atoms with E-state index in [1.165, 1.54) is 11.8 Å². The molecule has 0 aliphatic carbocycles. The number of aromatic nitrogens is 2. The van der Waals surface area contributed by atoms with Crippen LogP contribution in [0.2, 0.25) is 0 Å². The van der Waals surface area contributed by atoms with Crippen LogP contribution in [0.4, 0.5) is 0 Å². The van der Waals surface area contributed by atoms with Crippen molar-refractivity contribution < 1.29 is 9.53 Å². The Morgan fingerprint density at radius 1 is 1.75 bits per heavy atom. The lowest BCUT2D eigenvalue weighted by Gasteiger charge is -2.21. The molecule has 1 unspecified atom stereocenters. The average Bonchev–Trinajstić information content (AvgIpc) is 2.70. The van der Waals surface area contributed by atoms with Crippen LogP contribution in [0.15, 0.2) is 17.6 Å². The molecule has 1 rings (SSSR count).